The summed E-state index contributed by atoms with van der Waals surface area (Å²) in [6.07, 6.45) is 1.85. The number of nitrogens with zero attached hydrogens (tertiary/aromatic N) is 2. The van der Waals surface area contributed by atoms with E-state index in [1.54, 1.807) is 12.1 Å². The van der Waals surface area contributed by atoms with Crippen LogP contribution in [0.1, 0.15) is 51.2 Å². The molecule has 2 aliphatic heterocycles. The smallest absolute Gasteiger partial charge is 0.301 e. The Morgan fingerprint density at radius 2 is 1.95 bits per heavy atom. The van der Waals surface area contributed by atoms with Gasteiger partial charge < -0.3 is 16.2 Å². The van der Waals surface area contributed by atoms with Gasteiger partial charge in [-0.2, -0.15) is 12.7 Å². The molecule has 1 fully saturated rings. The Hall–Kier alpha value is -2.65. The maximum atomic E-state index is 14.0. The first-order valence-corrected chi connectivity index (χ1v) is 16.1. The van der Waals surface area contributed by atoms with Crippen molar-refractivity contribution in [1.29, 1.82) is 0 Å². The van der Waals surface area contributed by atoms with Gasteiger partial charge in [-0.3, -0.25) is 18.6 Å². The van der Waals surface area contributed by atoms with Crippen molar-refractivity contribution in [3.05, 3.63) is 59.2 Å². The third-order valence-corrected chi connectivity index (χ3v) is 10.6. The van der Waals surface area contributed by atoms with Gasteiger partial charge in [0.15, 0.2) is 11.6 Å². The lowest BCUT2D eigenvalue weighted by molar-refractivity contribution is -0.120. The van der Waals surface area contributed by atoms with E-state index in [1.807, 2.05) is 19.1 Å². The minimum Gasteiger partial charge on any atom is -0.506 e. The van der Waals surface area contributed by atoms with Crippen molar-refractivity contribution in [2.75, 3.05) is 23.1 Å². The van der Waals surface area contributed by atoms with E-state index in [2.05, 4.69) is 28.3 Å². The lowest BCUT2D eigenvalue weighted by Crippen LogP contribution is -2.42. The van der Waals surface area contributed by atoms with Crippen molar-refractivity contribution in [3.8, 4) is 0 Å². The summed E-state index contributed by atoms with van der Waals surface area (Å²) in [5.41, 5.74) is 6.30. The Kier molecular flexibility index (Phi) is 8.56. The maximum Gasteiger partial charge on any atom is 0.301 e. The number of carbonyl (C=O) groups is 1. The molecule has 3 aliphatic rings. The quantitative estimate of drug-likeness (QED) is 0.252. The molecule has 2 unspecified atom stereocenters. The second-order valence-corrected chi connectivity index (χ2v) is 14.5. The van der Waals surface area contributed by atoms with Crippen molar-refractivity contribution in [1.82, 2.24) is 4.31 Å². The number of nitrogens with two attached hydrogens (primary N) is 1. The van der Waals surface area contributed by atoms with Gasteiger partial charge in [-0.05, 0) is 55.9 Å². The summed E-state index contributed by atoms with van der Waals surface area (Å²) >= 11 is 0. The Balaban J connectivity index is 0.00000387. The van der Waals surface area contributed by atoms with Crippen molar-refractivity contribution >= 4 is 62.1 Å². The van der Waals surface area contributed by atoms with E-state index in [-0.39, 0.29) is 70.8 Å². The molecule has 0 saturated carbocycles. The van der Waals surface area contributed by atoms with Crippen LogP contribution in [0.4, 0.5) is 11.4 Å². The highest BCUT2D eigenvalue weighted by atomic mass is 35.5. The molecule has 0 amide bonds. The van der Waals surface area contributed by atoms with Gasteiger partial charge in [-0.1, -0.05) is 48.9 Å². The van der Waals surface area contributed by atoms with Crippen LogP contribution < -0.4 is 15.8 Å². The van der Waals surface area contributed by atoms with Crippen LogP contribution in [0.3, 0.4) is 0 Å². The van der Waals surface area contributed by atoms with Crippen LogP contribution in [0.15, 0.2) is 57.3 Å². The first-order chi connectivity index (χ1) is 18.7. The van der Waals surface area contributed by atoms with Crippen molar-refractivity contribution in [2.24, 2.45) is 16.0 Å². The molecule has 0 aromatic heterocycles. The number of benzene rings is 2. The van der Waals surface area contributed by atoms with E-state index in [4.69, 9.17) is 5.73 Å². The summed E-state index contributed by atoms with van der Waals surface area (Å²) in [6, 6.07) is 11.2. The highest BCUT2D eigenvalue weighted by molar-refractivity contribution is 8.23. The normalized spacial score (nSPS) is 24.6. The highest BCUT2D eigenvalue weighted by Crippen LogP contribution is 2.57. The van der Waals surface area contributed by atoms with E-state index < -0.39 is 26.4 Å². The van der Waals surface area contributed by atoms with Crippen molar-refractivity contribution in [2.45, 2.75) is 56.4 Å². The lowest BCUT2D eigenvalue weighted by Gasteiger charge is -2.39. The standard InChI is InChI=1S/C27H35N5O6S2.ClH/c1-16(2)10-12-27(3)20-7-5-4-6-19(20)24(33)23(25(27)34)26-29-21-9-8-18(14-22(21)39(35,36)31-26)30-40(37,38)32-13-11-17(28)15-32;/h4-9,14,16-17,30,33,35-36H,10-13,15,28H2,1-3H3,(H,29,31);1H. The topological polar surface area (TPSA) is 178 Å². The highest BCUT2D eigenvalue weighted by Gasteiger charge is 2.46. The van der Waals surface area contributed by atoms with E-state index in [0.29, 0.717) is 29.9 Å². The average Bonchev–Trinajstić information content (AvgIpc) is 3.34. The Morgan fingerprint density at radius 1 is 1.24 bits per heavy atom. The van der Waals surface area contributed by atoms with Gasteiger partial charge in [-0.15, -0.1) is 16.8 Å². The van der Waals surface area contributed by atoms with Crippen LogP contribution in [0, 0.1) is 5.92 Å². The number of halogens is 1. The van der Waals surface area contributed by atoms with Crippen LogP contribution >= 0.6 is 23.2 Å². The summed E-state index contributed by atoms with van der Waals surface area (Å²) < 4.78 is 55.5. The molecule has 2 atom stereocenters. The molecule has 7 N–H and O–H groups in total. The van der Waals surface area contributed by atoms with E-state index in [1.165, 1.54) is 22.5 Å². The number of hydrogen-bond acceptors (Lipinski definition) is 9. The van der Waals surface area contributed by atoms with E-state index >= 15 is 0 Å². The third kappa shape index (κ3) is 5.72. The Morgan fingerprint density at radius 3 is 2.61 bits per heavy atom. The Bertz CT molecular complexity index is 1540. The zero-order valence-electron chi connectivity index (χ0n) is 23.0. The second-order valence-electron chi connectivity index (χ2n) is 11.2. The first-order valence-electron chi connectivity index (χ1n) is 13.1. The van der Waals surface area contributed by atoms with Gasteiger partial charge in [-0.25, -0.2) is 0 Å². The van der Waals surface area contributed by atoms with Crippen LogP contribution in [-0.4, -0.2) is 57.7 Å². The molecule has 0 bridgehead atoms. The number of ketones is 1. The lowest BCUT2D eigenvalue weighted by atomic mass is 9.66. The molecular weight excluding hydrogens is 590 g/mol. The molecule has 41 heavy (non-hydrogen) atoms. The van der Waals surface area contributed by atoms with Crippen LogP contribution in [0.2, 0.25) is 0 Å². The number of anilines is 2. The molecule has 5 rings (SSSR count). The summed E-state index contributed by atoms with van der Waals surface area (Å²) in [6.45, 7) is 6.46. The second kappa shape index (κ2) is 11.2. The predicted molar refractivity (Wildman–Crippen MR) is 165 cm³/mol. The van der Waals surface area contributed by atoms with Crippen LogP contribution in [0.5, 0.6) is 0 Å². The zero-order valence-corrected chi connectivity index (χ0v) is 25.4. The maximum absolute atomic E-state index is 14.0. The summed E-state index contributed by atoms with van der Waals surface area (Å²) in [7, 11) is -7.77. The predicted octanol–water partition coefficient (Wildman–Crippen LogP) is 4.89. The molecule has 0 radical (unpaired) electrons. The number of rotatable bonds is 7. The third-order valence-electron chi connectivity index (χ3n) is 7.72. The summed E-state index contributed by atoms with van der Waals surface area (Å²) in [4.78, 5) is 14.0. The number of carbonyl (C=O) groups excluding carboxylic acids is 1. The number of nitrogens with one attached hydrogen (secondary N) is 2. The monoisotopic (exact) mass is 625 g/mol. The number of aliphatic hydroxyl groups is 1. The van der Waals surface area contributed by atoms with Gasteiger partial charge in [0.05, 0.1) is 16.8 Å². The number of fused-ring (bicyclic) bond motifs is 2. The molecule has 2 aromatic carbocycles. The number of Topliss-reactive ketones (excluding diaryl/α,β-unsaturated/α-hetero) is 1. The van der Waals surface area contributed by atoms with Gasteiger partial charge in [0.2, 0.25) is 0 Å². The first kappa shape index (κ1) is 31.3. The minimum absolute atomic E-state index is 0. The molecule has 224 valence electrons. The summed E-state index contributed by atoms with van der Waals surface area (Å²) in [5, 5.41) is 14.2. The molecule has 14 heteroatoms. The molecular formula is C27H36ClN5O6S2. The van der Waals surface area contributed by atoms with E-state index in [9.17, 15) is 27.4 Å². The van der Waals surface area contributed by atoms with Crippen molar-refractivity contribution < 1.29 is 27.4 Å². The average molecular weight is 626 g/mol. The van der Waals surface area contributed by atoms with Gasteiger partial charge in [0.25, 0.3) is 0 Å². The Labute approximate surface area is 248 Å². The minimum atomic E-state index is -3.90. The fourth-order valence-corrected chi connectivity index (χ4v) is 7.87. The van der Waals surface area contributed by atoms with Gasteiger partial charge in [0, 0.05) is 24.7 Å². The molecule has 0 spiro atoms. The van der Waals surface area contributed by atoms with Crippen molar-refractivity contribution in [3.63, 3.8) is 0 Å². The SMILES string of the molecule is CC(C)CCC1(C)C(=O)C(C2=NS(O)(O)c3cc(NS(=O)(=O)N4CCC(N)C4)ccc3N2)=C(O)c2ccccc21.Cl. The zero-order chi connectivity index (χ0) is 29.0. The fraction of sp³-hybridized carbons (Fsp3) is 0.407. The molecule has 2 aromatic rings. The fourth-order valence-electron chi connectivity index (χ4n) is 5.39. The van der Waals surface area contributed by atoms with E-state index in [0.717, 1.165) is 6.42 Å². The number of hydrogen-bond donors (Lipinski definition) is 6. The van der Waals surface area contributed by atoms with Crippen LogP contribution in [-0.2, 0) is 20.4 Å². The molecule has 1 aliphatic carbocycles. The largest absolute Gasteiger partial charge is 0.506 e. The number of aliphatic hydroxyl groups excluding tert-OH is 1. The molecule has 1 saturated heterocycles. The summed E-state index contributed by atoms with van der Waals surface area (Å²) in [5.74, 6) is -0.472. The molecule has 2 heterocycles. The van der Waals surface area contributed by atoms with Gasteiger partial charge >= 0.3 is 10.2 Å². The number of amidine groups is 1. The van der Waals surface area contributed by atoms with Crippen LogP contribution in [0.25, 0.3) is 5.76 Å². The van der Waals surface area contributed by atoms with Gasteiger partial charge in [0.1, 0.15) is 16.2 Å². The molecule has 11 nitrogen and oxygen atoms in total.